The molecule has 2 nitrogen and oxygen atoms in total. The number of carbonyl (C=O) groups excluding carboxylic acids is 1. The van der Waals surface area contributed by atoms with Gasteiger partial charge in [-0.2, -0.15) is 13.2 Å². The third kappa shape index (κ3) is 2.33. The number of hydrogen-bond donors (Lipinski definition) is 0. The molecule has 0 N–H and O–H groups in total. The van der Waals surface area contributed by atoms with Crippen LogP contribution in [0.4, 0.5) is 13.2 Å². The molecule has 5 rings (SSSR count). The highest BCUT2D eigenvalue weighted by atomic mass is 19.4. The minimum Gasteiger partial charge on any atom is -0.458 e. The smallest absolute Gasteiger partial charge is 0.404 e. The van der Waals surface area contributed by atoms with Gasteiger partial charge in [-0.15, -0.1) is 0 Å². The molecule has 5 aliphatic carbocycles. The molecule has 0 aliphatic heterocycles. The molecule has 136 valence electrons. The van der Waals surface area contributed by atoms with Gasteiger partial charge in [-0.25, -0.2) is 0 Å². The van der Waals surface area contributed by atoms with Gasteiger partial charge in [-0.3, -0.25) is 4.79 Å². The first-order valence-corrected chi connectivity index (χ1v) is 9.55. The zero-order valence-electron chi connectivity index (χ0n) is 14.3. The lowest BCUT2D eigenvalue weighted by Gasteiger charge is -2.59. The minimum absolute atomic E-state index is 0.105. The van der Waals surface area contributed by atoms with Crippen LogP contribution in [0.2, 0.25) is 0 Å². The average Bonchev–Trinajstić information content (AvgIpc) is 2.51. The van der Waals surface area contributed by atoms with Gasteiger partial charge in [-0.05, 0) is 75.5 Å². The van der Waals surface area contributed by atoms with Crippen molar-refractivity contribution in [2.24, 2.45) is 29.1 Å². The van der Waals surface area contributed by atoms with Crippen LogP contribution in [0.15, 0.2) is 0 Å². The Hall–Kier alpha value is -0.740. The summed E-state index contributed by atoms with van der Waals surface area (Å²) in [6.45, 7) is 1.92. The molecule has 5 saturated carbocycles. The van der Waals surface area contributed by atoms with Crippen LogP contribution in [0.3, 0.4) is 0 Å². The van der Waals surface area contributed by atoms with Gasteiger partial charge in [0.15, 0.2) is 5.41 Å². The summed E-state index contributed by atoms with van der Waals surface area (Å²) < 4.78 is 47.2. The molecule has 0 aromatic rings. The Balaban J connectivity index is 1.58. The molecule has 0 radical (unpaired) electrons. The van der Waals surface area contributed by atoms with Gasteiger partial charge in [0.1, 0.15) is 5.60 Å². The summed E-state index contributed by atoms with van der Waals surface area (Å²) in [6, 6.07) is 0. The van der Waals surface area contributed by atoms with E-state index in [0.717, 1.165) is 32.1 Å². The summed E-state index contributed by atoms with van der Waals surface area (Å²) in [4.78, 5) is 12.8. The Kier molecular flexibility index (Phi) is 3.74. The van der Waals surface area contributed by atoms with Gasteiger partial charge < -0.3 is 4.74 Å². The van der Waals surface area contributed by atoms with E-state index < -0.39 is 23.2 Å². The fourth-order valence-electron chi connectivity index (χ4n) is 6.34. The van der Waals surface area contributed by atoms with Gasteiger partial charge in [0.25, 0.3) is 0 Å². The van der Waals surface area contributed by atoms with E-state index in [4.69, 9.17) is 4.74 Å². The third-order valence-electron chi connectivity index (χ3n) is 7.71. The van der Waals surface area contributed by atoms with Crippen molar-refractivity contribution in [3.63, 3.8) is 0 Å². The van der Waals surface area contributed by atoms with E-state index in [9.17, 15) is 18.0 Å². The number of hydrogen-bond acceptors (Lipinski definition) is 2. The molecule has 5 heteroatoms. The summed E-state index contributed by atoms with van der Waals surface area (Å²) >= 11 is 0. The maximum Gasteiger partial charge on any atom is 0.404 e. The highest BCUT2D eigenvalue weighted by Gasteiger charge is 2.64. The monoisotopic (exact) mass is 344 g/mol. The second-order valence-corrected chi connectivity index (χ2v) is 9.02. The summed E-state index contributed by atoms with van der Waals surface area (Å²) in [5.41, 5.74) is -2.94. The summed E-state index contributed by atoms with van der Waals surface area (Å²) in [6.07, 6.45) is 2.34. The first-order chi connectivity index (χ1) is 11.2. The van der Waals surface area contributed by atoms with Crippen molar-refractivity contribution >= 4 is 5.97 Å². The lowest BCUT2D eigenvalue weighted by molar-refractivity contribution is -0.261. The molecule has 24 heavy (non-hydrogen) atoms. The highest BCUT2D eigenvalue weighted by Crippen LogP contribution is 2.60. The number of carbonyl (C=O) groups is 1. The molecular weight excluding hydrogens is 317 g/mol. The second kappa shape index (κ2) is 5.38. The van der Waals surface area contributed by atoms with Crippen molar-refractivity contribution in [2.45, 2.75) is 82.9 Å². The number of alkyl halides is 3. The largest absolute Gasteiger partial charge is 0.458 e. The molecule has 0 atom stereocenters. The van der Waals surface area contributed by atoms with E-state index >= 15 is 0 Å². The highest BCUT2D eigenvalue weighted by molar-refractivity contribution is 5.78. The number of ether oxygens (including phenoxy) is 1. The van der Waals surface area contributed by atoms with Gasteiger partial charge in [0.05, 0.1) is 0 Å². The van der Waals surface area contributed by atoms with Crippen LogP contribution in [0.5, 0.6) is 0 Å². The standard InChI is InChI=1S/C19H27F3O2/c1-17(14-8-12-7-13(10-14)11-15(17)9-12)24-16(23)18(19(20,21)22)5-3-2-4-6-18/h12-15H,2-11H2,1H3. The van der Waals surface area contributed by atoms with Crippen molar-refractivity contribution in [2.75, 3.05) is 0 Å². The second-order valence-electron chi connectivity index (χ2n) is 9.02. The first kappa shape index (κ1) is 16.7. The molecule has 0 saturated heterocycles. The molecule has 0 aromatic carbocycles. The van der Waals surface area contributed by atoms with Crippen molar-refractivity contribution < 1.29 is 22.7 Å². The van der Waals surface area contributed by atoms with Gasteiger partial charge >= 0.3 is 12.1 Å². The Bertz CT molecular complexity index is 491. The normalized spacial score (nSPS) is 43.7. The fraction of sp³-hybridized carbons (Fsp3) is 0.947. The maximum absolute atomic E-state index is 13.8. The Morgan fingerprint density at radius 2 is 1.42 bits per heavy atom. The van der Waals surface area contributed by atoms with E-state index in [1.54, 1.807) is 0 Å². The molecule has 0 aromatic heterocycles. The van der Waals surface area contributed by atoms with Crippen LogP contribution < -0.4 is 0 Å². The van der Waals surface area contributed by atoms with Crippen molar-refractivity contribution in [1.29, 1.82) is 0 Å². The van der Waals surface area contributed by atoms with Crippen LogP contribution in [0, 0.1) is 29.1 Å². The third-order valence-corrected chi connectivity index (χ3v) is 7.71. The summed E-state index contributed by atoms with van der Waals surface area (Å²) in [5, 5.41) is 0. The average molecular weight is 344 g/mol. The number of esters is 1. The van der Waals surface area contributed by atoms with E-state index in [-0.39, 0.29) is 24.7 Å². The minimum atomic E-state index is -4.51. The van der Waals surface area contributed by atoms with Crippen LogP contribution in [-0.4, -0.2) is 17.7 Å². The Labute approximate surface area is 141 Å². The van der Waals surface area contributed by atoms with Crippen LogP contribution >= 0.6 is 0 Å². The van der Waals surface area contributed by atoms with Crippen LogP contribution in [0.1, 0.15) is 71.1 Å². The zero-order valence-corrected chi connectivity index (χ0v) is 14.3. The lowest BCUT2D eigenvalue weighted by Crippen LogP contribution is -2.60. The van der Waals surface area contributed by atoms with Crippen molar-refractivity contribution in [1.82, 2.24) is 0 Å². The summed E-state index contributed by atoms with van der Waals surface area (Å²) in [7, 11) is 0. The van der Waals surface area contributed by atoms with Gasteiger partial charge in [0.2, 0.25) is 0 Å². The SMILES string of the molecule is CC1(OC(=O)C2(C(F)(F)F)CCCCC2)C2CC3CC(C2)CC1C3. The first-order valence-electron chi connectivity index (χ1n) is 9.55. The topological polar surface area (TPSA) is 26.3 Å². The number of halogens is 3. The molecular formula is C19H27F3O2. The summed E-state index contributed by atoms with van der Waals surface area (Å²) in [5.74, 6) is 0.930. The van der Waals surface area contributed by atoms with Crippen molar-refractivity contribution in [3.05, 3.63) is 0 Å². The van der Waals surface area contributed by atoms with E-state index in [2.05, 4.69) is 0 Å². The lowest BCUT2D eigenvalue weighted by atomic mass is 9.50. The predicted octanol–water partition coefficient (Wildman–Crippen LogP) is 5.26. The maximum atomic E-state index is 13.8. The molecule has 5 fully saturated rings. The van der Waals surface area contributed by atoms with E-state index in [1.807, 2.05) is 6.92 Å². The van der Waals surface area contributed by atoms with Gasteiger partial charge in [0, 0.05) is 0 Å². The van der Waals surface area contributed by atoms with E-state index in [1.165, 1.54) is 6.42 Å². The Morgan fingerprint density at radius 3 is 1.88 bits per heavy atom. The van der Waals surface area contributed by atoms with Crippen LogP contribution in [-0.2, 0) is 9.53 Å². The molecule has 5 aliphatic rings. The molecule has 4 bridgehead atoms. The predicted molar refractivity (Wildman–Crippen MR) is 83.1 cm³/mol. The molecule has 0 spiro atoms. The molecule has 0 unspecified atom stereocenters. The van der Waals surface area contributed by atoms with E-state index in [0.29, 0.717) is 24.7 Å². The van der Waals surface area contributed by atoms with Crippen molar-refractivity contribution in [3.8, 4) is 0 Å². The quantitative estimate of drug-likeness (QED) is 0.639. The molecule has 0 amide bonds. The van der Waals surface area contributed by atoms with Crippen LogP contribution in [0.25, 0.3) is 0 Å². The fourth-order valence-corrected chi connectivity index (χ4v) is 6.34. The Morgan fingerprint density at radius 1 is 0.917 bits per heavy atom. The number of rotatable bonds is 2. The molecule has 0 heterocycles. The van der Waals surface area contributed by atoms with Gasteiger partial charge in [-0.1, -0.05) is 19.3 Å². The zero-order chi connectivity index (χ0) is 17.2.